The van der Waals surface area contributed by atoms with Gasteiger partial charge < -0.3 is 4.90 Å². The topological polar surface area (TPSA) is 62.3 Å². The molecule has 7 heteroatoms. The Morgan fingerprint density at radius 3 is 2.68 bits per heavy atom. The quantitative estimate of drug-likeness (QED) is 0.863. The minimum atomic E-state index is -3.62. The molecule has 3 rings (SSSR count). The number of benzene rings is 1. The van der Waals surface area contributed by atoms with Crippen molar-refractivity contribution in [3.05, 3.63) is 52.7 Å². The van der Waals surface area contributed by atoms with Gasteiger partial charge in [0.15, 0.2) is 0 Å². The van der Waals surface area contributed by atoms with Crippen molar-refractivity contribution in [3.8, 4) is 0 Å². The Bertz CT molecular complexity index is 849. The van der Waals surface area contributed by atoms with Crippen LogP contribution in [0, 0.1) is 6.92 Å². The normalized spacial score (nSPS) is 15.4. The maximum Gasteiger partial charge on any atom is 0.241 e. The molecule has 2 aromatic rings. The molecule has 1 aliphatic rings. The van der Waals surface area contributed by atoms with Crippen molar-refractivity contribution in [1.82, 2.24) is 9.71 Å². The third-order valence-electron chi connectivity index (χ3n) is 4.40. The van der Waals surface area contributed by atoms with Crippen molar-refractivity contribution in [3.63, 3.8) is 0 Å². The lowest BCUT2D eigenvalue weighted by Gasteiger charge is -2.27. The fourth-order valence-corrected chi connectivity index (χ4v) is 4.51. The monoisotopic (exact) mass is 379 g/mol. The van der Waals surface area contributed by atoms with Crippen LogP contribution in [0.4, 0.5) is 5.82 Å². The van der Waals surface area contributed by atoms with Crippen molar-refractivity contribution in [2.45, 2.75) is 37.6 Å². The van der Waals surface area contributed by atoms with E-state index in [0.29, 0.717) is 10.6 Å². The molecule has 0 radical (unpaired) electrons. The number of aromatic nitrogens is 1. The van der Waals surface area contributed by atoms with Crippen LogP contribution in [0.25, 0.3) is 0 Å². The average molecular weight is 380 g/mol. The summed E-state index contributed by atoms with van der Waals surface area (Å²) >= 11 is 5.94. The molecule has 1 N–H and O–H groups in total. The molecule has 0 bridgehead atoms. The van der Waals surface area contributed by atoms with Gasteiger partial charge in [-0.05, 0) is 61.6 Å². The first-order valence-electron chi connectivity index (χ1n) is 8.41. The van der Waals surface area contributed by atoms with Crippen molar-refractivity contribution < 1.29 is 8.42 Å². The number of aryl methyl sites for hydroxylation is 1. The number of pyridine rings is 1. The highest BCUT2D eigenvalue weighted by Crippen LogP contribution is 2.21. The number of anilines is 1. The van der Waals surface area contributed by atoms with E-state index >= 15 is 0 Å². The standard InChI is InChI=1S/C18H22ClN3O2S/c1-14-5-6-16(19)12-17(14)25(23,24)21-13-15-7-8-20-18(11-15)22-9-3-2-4-10-22/h5-8,11-12,21H,2-4,9-10,13H2,1H3. The van der Waals surface area contributed by atoms with E-state index in [9.17, 15) is 8.42 Å². The third-order valence-corrected chi connectivity index (χ3v) is 6.17. The van der Waals surface area contributed by atoms with Gasteiger partial charge in [0.2, 0.25) is 10.0 Å². The summed E-state index contributed by atoms with van der Waals surface area (Å²) in [6, 6.07) is 8.66. The van der Waals surface area contributed by atoms with E-state index in [1.54, 1.807) is 25.3 Å². The van der Waals surface area contributed by atoms with Gasteiger partial charge in [0.05, 0.1) is 4.90 Å². The minimum absolute atomic E-state index is 0.213. The third kappa shape index (κ3) is 4.51. The Morgan fingerprint density at radius 1 is 1.16 bits per heavy atom. The first kappa shape index (κ1) is 18.2. The number of nitrogens with one attached hydrogen (secondary N) is 1. The second-order valence-corrected chi connectivity index (χ2v) is 8.48. The summed E-state index contributed by atoms with van der Waals surface area (Å²) in [6.45, 7) is 3.98. The molecule has 0 spiro atoms. The molecular formula is C18H22ClN3O2S. The molecular weight excluding hydrogens is 358 g/mol. The Morgan fingerprint density at radius 2 is 1.92 bits per heavy atom. The van der Waals surface area contributed by atoms with E-state index in [1.807, 2.05) is 12.1 Å². The van der Waals surface area contributed by atoms with Gasteiger partial charge in [-0.25, -0.2) is 18.1 Å². The van der Waals surface area contributed by atoms with Crippen LogP contribution >= 0.6 is 11.6 Å². The second-order valence-electron chi connectivity index (χ2n) is 6.30. The molecule has 0 unspecified atom stereocenters. The zero-order valence-electron chi connectivity index (χ0n) is 14.2. The molecule has 0 atom stereocenters. The lowest BCUT2D eigenvalue weighted by Crippen LogP contribution is -2.30. The SMILES string of the molecule is Cc1ccc(Cl)cc1S(=O)(=O)NCc1ccnc(N2CCCCC2)c1. The maximum absolute atomic E-state index is 12.6. The number of halogens is 1. The molecule has 1 aliphatic heterocycles. The number of piperidine rings is 1. The summed E-state index contributed by atoms with van der Waals surface area (Å²) in [7, 11) is -3.62. The highest BCUT2D eigenvalue weighted by molar-refractivity contribution is 7.89. The predicted octanol–water partition coefficient (Wildman–Crippen LogP) is 3.51. The Hall–Kier alpha value is -1.63. The van der Waals surface area contributed by atoms with Crippen molar-refractivity contribution in [2.75, 3.05) is 18.0 Å². The molecule has 2 heterocycles. The highest BCUT2D eigenvalue weighted by Gasteiger charge is 2.18. The predicted molar refractivity (Wildman–Crippen MR) is 101 cm³/mol. The maximum atomic E-state index is 12.6. The summed E-state index contributed by atoms with van der Waals surface area (Å²) < 4.78 is 27.8. The lowest BCUT2D eigenvalue weighted by molar-refractivity contribution is 0.572. The molecule has 0 saturated carbocycles. The molecule has 0 aliphatic carbocycles. The van der Waals surface area contributed by atoms with Crippen molar-refractivity contribution in [2.24, 2.45) is 0 Å². The number of rotatable bonds is 5. The number of sulfonamides is 1. The number of hydrogen-bond donors (Lipinski definition) is 1. The van der Waals surface area contributed by atoms with E-state index in [-0.39, 0.29) is 11.4 Å². The van der Waals surface area contributed by atoms with Crippen LogP contribution in [0.5, 0.6) is 0 Å². The van der Waals surface area contributed by atoms with E-state index in [4.69, 9.17) is 11.6 Å². The Labute approximate surface area is 154 Å². The first-order valence-corrected chi connectivity index (χ1v) is 10.3. The molecule has 134 valence electrons. The summed E-state index contributed by atoms with van der Waals surface area (Å²) in [6.07, 6.45) is 5.34. The fraction of sp³-hybridized carbons (Fsp3) is 0.389. The molecule has 1 aromatic heterocycles. The Kier molecular flexibility index (Phi) is 5.61. The van der Waals surface area contributed by atoms with Gasteiger partial charge in [0, 0.05) is 30.9 Å². The Balaban J connectivity index is 1.73. The largest absolute Gasteiger partial charge is 0.357 e. The van der Waals surface area contributed by atoms with Crippen molar-refractivity contribution >= 4 is 27.4 Å². The smallest absolute Gasteiger partial charge is 0.241 e. The van der Waals surface area contributed by atoms with E-state index in [0.717, 1.165) is 24.5 Å². The van der Waals surface area contributed by atoms with E-state index in [1.165, 1.54) is 25.3 Å². The summed E-state index contributed by atoms with van der Waals surface area (Å²) in [5.74, 6) is 0.912. The molecule has 1 saturated heterocycles. The molecule has 25 heavy (non-hydrogen) atoms. The van der Waals surface area contributed by atoms with Crippen LogP contribution in [0.15, 0.2) is 41.4 Å². The summed E-state index contributed by atoms with van der Waals surface area (Å²) in [5, 5.41) is 0.405. The van der Waals surface area contributed by atoms with E-state index in [2.05, 4.69) is 14.6 Å². The van der Waals surface area contributed by atoms with Crippen LogP contribution in [0.2, 0.25) is 5.02 Å². The second kappa shape index (κ2) is 7.72. The average Bonchev–Trinajstić information content (AvgIpc) is 2.63. The molecule has 5 nitrogen and oxygen atoms in total. The van der Waals surface area contributed by atoms with Gasteiger partial charge in [-0.2, -0.15) is 0 Å². The lowest BCUT2D eigenvalue weighted by atomic mass is 10.1. The zero-order valence-corrected chi connectivity index (χ0v) is 15.8. The van der Waals surface area contributed by atoms with Crippen LogP contribution < -0.4 is 9.62 Å². The van der Waals surface area contributed by atoms with Crippen LogP contribution in [-0.2, 0) is 16.6 Å². The first-order chi connectivity index (χ1) is 12.0. The van der Waals surface area contributed by atoms with Crippen LogP contribution in [-0.4, -0.2) is 26.5 Å². The number of hydrogen-bond acceptors (Lipinski definition) is 4. The van der Waals surface area contributed by atoms with Crippen LogP contribution in [0.1, 0.15) is 30.4 Å². The summed E-state index contributed by atoms with van der Waals surface area (Å²) in [4.78, 5) is 6.89. The van der Waals surface area contributed by atoms with Gasteiger partial charge in [-0.1, -0.05) is 17.7 Å². The van der Waals surface area contributed by atoms with Gasteiger partial charge >= 0.3 is 0 Å². The van der Waals surface area contributed by atoms with Gasteiger partial charge in [0.25, 0.3) is 0 Å². The van der Waals surface area contributed by atoms with Gasteiger partial charge in [-0.15, -0.1) is 0 Å². The van der Waals surface area contributed by atoms with Gasteiger partial charge in [-0.3, -0.25) is 0 Å². The summed E-state index contributed by atoms with van der Waals surface area (Å²) in [5.41, 5.74) is 1.56. The minimum Gasteiger partial charge on any atom is -0.357 e. The highest BCUT2D eigenvalue weighted by atomic mass is 35.5. The van der Waals surface area contributed by atoms with E-state index < -0.39 is 10.0 Å². The fourth-order valence-electron chi connectivity index (χ4n) is 2.99. The zero-order chi connectivity index (χ0) is 17.9. The molecule has 1 fully saturated rings. The van der Waals surface area contributed by atoms with Gasteiger partial charge in [0.1, 0.15) is 5.82 Å². The molecule has 1 aromatic carbocycles. The molecule has 0 amide bonds. The van der Waals surface area contributed by atoms with Crippen molar-refractivity contribution in [1.29, 1.82) is 0 Å². The van der Waals surface area contributed by atoms with Crippen LogP contribution in [0.3, 0.4) is 0 Å². The number of nitrogens with zero attached hydrogens (tertiary/aromatic N) is 2.